The lowest BCUT2D eigenvalue weighted by Crippen LogP contribution is -2.42. The molecule has 1 heterocycles. The van der Waals surface area contributed by atoms with Gasteiger partial charge in [-0.05, 0) is 51.0 Å². The molecule has 0 saturated heterocycles. The number of esters is 1. The average Bonchev–Trinajstić information content (AvgIpc) is 2.86. The van der Waals surface area contributed by atoms with Gasteiger partial charge in [-0.3, -0.25) is 9.59 Å². The summed E-state index contributed by atoms with van der Waals surface area (Å²) in [4.78, 5) is 25.4. The predicted molar refractivity (Wildman–Crippen MR) is 137 cm³/mol. The maximum absolute atomic E-state index is 13.1. The first-order chi connectivity index (χ1) is 17.2. The number of nitriles is 1. The normalized spacial score (nSPS) is 18.9. The smallest absolute Gasteiger partial charge is 0.311 e. The third-order valence-electron chi connectivity index (χ3n) is 6.10. The molecule has 1 aliphatic heterocycles. The molecule has 0 fully saturated rings. The highest BCUT2D eigenvalue weighted by Gasteiger charge is 2.37. The Balaban J connectivity index is 2.03. The summed E-state index contributed by atoms with van der Waals surface area (Å²) in [5.41, 5.74) is 0.341. The van der Waals surface area contributed by atoms with E-state index in [9.17, 15) is 14.7 Å². The van der Waals surface area contributed by atoms with Gasteiger partial charge in [0.1, 0.15) is 12.7 Å². The van der Waals surface area contributed by atoms with E-state index in [0.717, 1.165) is 19.3 Å². The van der Waals surface area contributed by atoms with E-state index < -0.39 is 35.7 Å². The third-order valence-corrected chi connectivity index (χ3v) is 6.10. The fourth-order valence-corrected chi connectivity index (χ4v) is 3.83. The molecule has 0 saturated carbocycles. The lowest BCUT2D eigenvalue weighted by molar-refractivity contribution is -0.181. The Kier molecular flexibility index (Phi) is 12.3. The number of carbonyl (C=O) groups is 2. The number of ether oxygens (including phenoxy) is 3. The van der Waals surface area contributed by atoms with Crippen molar-refractivity contribution in [1.82, 2.24) is 0 Å². The number of rotatable bonds is 14. The Bertz CT molecular complexity index is 909. The number of nitrogens with zero attached hydrogens (tertiary/aromatic N) is 1. The second kappa shape index (κ2) is 14.9. The van der Waals surface area contributed by atoms with Crippen LogP contribution in [0.25, 0.3) is 0 Å². The van der Waals surface area contributed by atoms with Crippen LogP contribution in [-0.2, 0) is 23.8 Å². The summed E-state index contributed by atoms with van der Waals surface area (Å²) in [6.45, 7) is 7.60. The Labute approximate surface area is 215 Å². The molecule has 0 amide bonds. The van der Waals surface area contributed by atoms with Crippen molar-refractivity contribution in [2.45, 2.75) is 97.6 Å². The summed E-state index contributed by atoms with van der Waals surface area (Å²) in [6, 6.07) is 8.42. The van der Waals surface area contributed by atoms with E-state index in [1.807, 2.05) is 6.07 Å². The lowest BCUT2D eigenvalue weighted by Gasteiger charge is -2.30. The molecule has 0 spiro atoms. The molecule has 0 aliphatic carbocycles. The van der Waals surface area contributed by atoms with Gasteiger partial charge in [-0.2, -0.15) is 5.26 Å². The van der Waals surface area contributed by atoms with E-state index in [-0.39, 0.29) is 12.2 Å². The molecule has 0 aromatic heterocycles. The molecule has 0 radical (unpaired) electrons. The van der Waals surface area contributed by atoms with Crippen LogP contribution in [0.15, 0.2) is 35.9 Å². The van der Waals surface area contributed by atoms with Gasteiger partial charge in [0, 0.05) is 5.57 Å². The summed E-state index contributed by atoms with van der Waals surface area (Å²) >= 11 is 0. The van der Waals surface area contributed by atoms with Crippen LogP contribution in [0.2, 0.25) is 0 Å². The molecule has 1 aliphatic rings. The number of ketones is 1. The first kappa shape index (κ1) is 29.7. The molecule has 2 rings (SSSR count). The Morgan fingerprint density at radius 2 is 1.69 bits per heavy atom. The minimum absolute atomic E-state index is 0.128. The minimum atomic E-state index is -1.22. The van der Waals surface area contributed by atoms with Gasteiger partial charge < -0.3 is 19.3 Å². The summed E-state index contributed by atoms with van der Waals surface area (Å²) in [5.74, 6) is -0.903. The van der Waals surface area contributed by atoms with Crippen molar-refractivity contribution in [2.24, 2.45) is 5.41 Å². The quantitative estimate of drug-likeness (QED) is 0.264. The average molecular weight is 500 g/mol. The van der Waals surface area contributed by atoms with Crippen molar-refractivity contribution >= 4 is 11.8 Å². The first-order valence-corrected chi connectivity index (χ1v) is 13.1. The Morgan fingerprint density at radius 1 is 1.08 bits per heavy atom. The van der Waals surface area contributed by atoms with Crippen molar-refractivity contribution in [3.8, 4) is 6.07 Å². The summed E-state index contributed by atoms with van der Waals surface area (Å²) in [5, 5.41) is 20.0. The number of unbranched alkanes of at least 4 members (excludes halogenated alkanes) is 7. The first-order valence-electron chi connectivity index (χ1n) is 13.1. The maximum Gasteiger partial charge on any atom is 0.311 e. The van der Waals surface area contributed by atoms with Crippen LogP contribution < -0.4 is 0 Å². The number of hydrogen-bond acceptors (Lipinski definition) is 7. The number of benzene rings is 1. The monoisotopic (exact) mass is 499 g/mol. The largest absolute Gasteiger partial charge is 0.462 e. The van der Waals surface area contributed by atoms with Gasteiger partial charge in [0.25, 0.3) is 0 Å². The number of Topliss-reactive ketones (excluding diaryl/α,β-unsaturated/α-hetero) is 1. The molecule has 7 nitrogen and oxygen atoms in total. The fourth-order valence-electron chi connectivity index (χ4n) is 3.83. The van der Waals surface area contributed by atoms with Crippen molar-refractivity contribution in [3.63, 3.8) is 0 Å². The van der Waals surface area contributed by atoms with Crippen LogP contribution in [0.3, 0.4) is 0 Å². The van der Waals surface area contributed by atoms with Crippen LogP contribution in [0, 0.1) is 16.7 Å². The van der Waals surface area contributed by atoms with Crippen molar-refractivity contribution in [2.75, 3.05) is 13.2 Å². The van der Waals surface area contributed by atoms with E-state index in [1.165, 1.54) is 38.2 Å². The topological polar surface area (TPSA) is 106 Å². The Morgan fingerprint density at radius 3 is 2.28 bits per heavy atom. The van der Waals surface area contributed by atoms with Crippen molar-refractivity contribution < 1.29 is 28.9 Å². The summed E-state index contributed by atoms with van der Waals surface area (Å²) in [7, 11) is 0. The highest BCUT2D eigenvalue weighted by molar-refractivity contribution is 6.00. The SMILES string of the molecule is CCCCCCCCCCO[C@@H]1C=C([C@H](O)c2ccc(C#N)cc2)C(=O)[C@@H](COC(=O)C(C)(C)C)O1. The van der Waals surface area contributed by atoms with Gasteiger partial charge in [-0.25, -0.2) is 0 Å². The molecule has 36 heavy (non-hydrogen) atoms. The lowest BCUT2D eigenvalue weighted by atomic mass is 9.93. The van der Waals surface area contributed by atoms with Gasteiger partial charge in [0.2, 0.25) is 0 Å². The molecule has 0 bridgehead atoms. The molecule has 198 valence electrons. The van der Waals surface area contributed by atoms with Gasteiger partial charge in [0.05, 0.1) is 23.7 Å². The molecule has 3 atom stereocenters. The second-order valence-corrected chi connectivity index (χ2v) is 10.3. The van der Waals surface area contributed by atoms with Gasteiger partial charge in [-0.15, -0.1) is 0 Å². The zero-order valence-corrected chi connectivity index (χ0v) is 22.1. The highest BCUT2D eigenvalue weighted by atomic mass is 16.7. The molecule has 0 unspecified atom stereocenters. The molecular weight excluding hydrogens is 458 g/mol. The van der Waals surface area contributed by atoms with Crippen molar-refractivity contribution in [1.29, 1.82) is 5.26 Å². The second-order valence-electron chi connectivity index (χ2n) is 10.3. The predicted octanol–water partition coefficient (Wildman–Crippen LogP) is 5.56. The number of hydrogen-bond donors (Lipinski definition) is 1. The van der Waals surface area contributed by atoms with E-state index >= 15 is 0 Å². The van der Waals surface area contributed by atoms with E-state index in [0.29, 0.717) is 17.7 Å². The highest BCUT2D eigenvalue weighted by Crippen LogP contribution is 2.29. The fraction of sp³-hybridized carbons (Fsp3) is 0.621. The number of carbonyl (C=O) groups excluding carboxylic acids is 2. The molecule has 1 aromatic carbocycles. The zero-order chi connectivity index (χ0) is 26.6. The van der Waals surface area contributed by atoms with Crippen LogP contribution in [0.1, 0.15) is 96.3 Å². The van der Waals surface area contributed by atoms with Crippen LogP contribution in [0.4, 0.5) is 0 Å². The van der Waals surface area contributed by atoms with E-state index in [2.05, 4.69) is 6.92 Å². The van der Waals surface area contributed by atoms with Crippen molar-refractivity contribution in [3.05, 3.63) is 47.0 Å². The standard InChI is InChI=1S/C29H41NO6/c1-5-6-7-8-9-10-11-12-17-34-25-18-23(26(31)22-15-13-21(19-30)14-16-22)27(32)24(36-25)20-35-28(33)29(2,3)4/h13-16,18,24-26,31H,5-12,17,20H2,1-4H3/t24-,25+,26-/m1/s1. The molecule has 1 N–H and O–H groups in total. The maximum atomic E-state index is 13.1. The van der Waals surface area contributed by atoms with Crippen LogP contribution in [-0.4, -0.2) is 42.5 Å². The van der Waals surface area contributed by atoms with Gasteiger partial charge >= 0.3 is 5.97 Å². The summed E-state index contributed by atoms with van der Waals surface area (Å²) in [6.07, 6.45) is 7.73. The number of aliphatic hydroxyl groups is 1. The van der Waals surface area contributed by atoms with Crippen LogP contribution >= 0.6 is 0 Å². The van der Waals surface area contributed by atoms with Gasteiger partial charge in [-0.1, -0.05) is 64.0 Å². The minimum Gasteiger partial charge on any atom is -0.462 e. The van der Waals surface area contributed by atoms with E-state index in [1.54, 1.807) is 45.0 Å². The Hall–Kier alpha value is -2.53. The van der Waals surface area contributed by atoms with Crippen LogP contribution in [0.5, 0.6) is 0 Å². The third kappa shape index (κ3) is 9.50. The van der Waals surface area contributed by atoms with Gasteiger partial charge in [0.15, 0.2) is 18.2 Å². The number of aliphatic hydroxyl groups excluding tert-OH is 1. The molecule has 7 heteroatoms. The zero-order valence-electron chi connectivity index (χ0n) is 22.1. The molecule has 1 aromatic rings. The summed E-state index contributed by atoms with van der Waals surface area (Å²) < 4.78 is 17.0. The van der Waals surface area contributed by atoms with E-state index in [4.69, 9.17) is 19.5 Å². The molecular formula is C29H41NO6.